The highest BCUT2D eigenvalue weighted by Gasteiger charge is 2.40. The third-order valence-electron chi connectivity index (χ3n) is 1.71. The Balaban J connectivity index is 3.51. The lowest BCUT2D eigenvalue weighted by Gasteiger charge is -2.15. The molecule has 0 saturated carbocycles. The zero-order chi connectivity index (χ0) is 12.7. The number of nitrogen functional groups attached to an aromatic ring is 1. The summed E-state index contributed by atoms with van der Waals surface area (Å²) in [4.78, 5) is 0. The number of rotatable bonds is 0. The second kappa shape index (κ2) is 3.97. The SMILES string of the molecule is Nc1cc(C(F)(F)F)c(I)c(C(F)(F)F)c1. The van der Waals surface area contributed by atoms with Crippen LogP contribution in [0.25, 0.3) is 0 Å². The van der Waals surface area contributed by atoms with E-state index in [9.17, 15) is 26.3 Å². The molecule has 1 aromatic rings. The first-order valence-corrected chi connectivity index (χ1v) is 4.85. The molecule has 0 spiro atoms. The van der Waals surface area contributed by atoms with Gasteiger partial charge in [0.1, 0.15) is 0 Å². The molecule has 8 heteroatoms. The van der Waals surface area contributed by atoms with Gasteiger partial charge in [0.2, 0.25) is 0 Å². The minimum atomic E-state index is -4.86. The van der Waals surface area contributed by atoms with Crippen molar-refractivity contribution in [2.24, 2.45) is 0 Å². The van der Waals surface area contributed by atoms with Gasteiger partial charge in [0, 0.05) is 9.26 Å². The average Bonchev–Trinajstić information content (AvgIpc) is 2.04. The number of nitrogens with two attached hydrogens (primary N) is 1. The molecule has 0 atom stereocenters. The zero-order valence-corrected chi connectivity index (χ0v) is 9.54. The lowest BCUT2D eigenvalue weighted by atomic mass is 10.1. The molecule has 0 aliphatic rings. The molecule has 0 aromatic heterocycles. The summed E-state index contributed by atoms with van der Waals surface area (Å²) in [5.74, 6) is 0. The fourth-order valence-corrected chi connectivity index (χ4v) is 1.98. The minimum Gasteiger partial charge on any atom is -0.399 e. The van der Waals surface area contributed by atoms with E-state index in [1.807, 2.05) is 0 Å². The van der Waals surface area contributed by atoms with Gasteiger partial charge in [-0.15, -0.1) is 0 Å². The summed E-state index contributed by atoms with van der Waals surface area (Å²) >= 11 is 1.01. The average molecular weight is 355 g/mol. The van der Waals surface area contributed by atoms with Gasteiger partial charge < -0.3 is 5.73 Å². The molecule has 0 heterocycles. The molecule has 0 unspecified atom stereocenters. The molecule has 1 nitrogen and oxygen atoms in total. The Bertz CT molecular complexity index is 373. The molecule has 0 bridgehead atoms. The maximum absolute atomic E-state index is 12.4. The van der Waals surface area contributed by atoms with Crippen LogP contribution in [0.1, 0.15) is 11.1 Å². The number of halogens is 7. The summed E-state index contributed by atoms with van der Waals surface area (Å²) in [6, 6.07) is 0.966. The van der Waals surface area contributed by atoms with E-state index in [2.05, 4.69) is 0 Å². The first-order valence-electron chi connectivity index (χ1n) is 3.77. The van der Waals surface area contributed by atoms with Crippen LogP contribution in [0.5, 0.6) is 0 Å². The summed E-state index contributed by atoms with van der Waals surface area (Å²) < 4.78 is 73.3. The highest BCUT2D eigenvalue weighted by Crippen LogP contribution is 2.41. The van der Waals surface area contributed by atoms with Crippen molar-refractivity contribution in [2.75, 3.05) is 5.73 Å². The maximum atomic E-state index is 12.4. The Morgan fingerprint density at radius 2 is 1.19 bits per heavy atom. The van der Waals surface area contributed by atoms with Gasteiger partial charge in [0.15, 0.2) is 0 Å². The van der Waals surface area contributed by atoms with E-state index in [1.54, 1.807) is 0 Å². The van der Waals surface area contributed by atoms with Crippen molar-refractivity contribution in [3.05, 3.63) is 26.8 Å². The number of hydrogen-bond acceptors (Lipinski definition) is 1. The predicted molar refractivity (Wildman–Crippen MR) is 53.6 cm³/mol. The third kappa shape index (κ3) is 2.71. The molecule has 1 aromatic carbocycles. The number of alkyl halides is 6. The van der Waals surface area contributed by atoms with Crippen LogP contribution in [0.3, 0.4) is 0 Å². The van der Waals surface area contributed by atoms with Crippen LogP contribution in [0.4, 0.5) is 32.0 Å². The highest BCUT2D eigenvalue weighted by atomic mass is 127. The Hall–Kier alpha value is -0.670. The van der Waals surface area contributed by atoms with E-state index in [1.165, 1.54) is 0 Å². The van der Waals surface area contributed by atoms with Gasteiger partial charge >= 0.3 is 12.4 Å². The van der Waals surface area contributed by atoms with Crippen LogP contribution in [-0.2, 0) is 12.4 Å². The largest absolute Gasteiger partial charge is 0.417 e. The molecular weight excluding hydrogens is 351 g/mol. The monoisotopic (exact) mass is 355 g/mol. The second-order valence-electron chi connectivity index (χ2n) is 2.93. The molecule has 90 valence electrons. The Labute approximate surface area is 99.8 Å². The van der Waals surface area contributed by atoms with E-state index in [0.29, 0.717) is 12.1 Å². The molecule has 0 radical (unpaired) electrons. The van der Waals surface area contributed by atoms with Crippen molar-refractivity contribution >= 4 is 28.3 Å². The molecular formula is C8H4F6IN. The number of benzene rings is 1. The van der Waals surface area contributed by atoms with E-state index in [-0.39, 0.29) is 0 Å². The fourth-order valence-electron chi connectivity index (χ4n) is 1.06. The number of hydrogen-bond donors (Lipinski definition) is 1. The zero-order valence-electron chi connectivity index (χ0n) is 7.38. The lowest BCUT2D eigenvalue weighted by Crippen LogP contribution is -2.15. The van der Waals surface area contributed by atoms with Crippen LogP contribution in [-0.4, -0.2) is 0 Å². The molecule has 0 aliphatic heterocycles. The summed E-state index contributed by atoms with van der Waals surface area (Å²) in [7, 11) is 0. The summed E-state index contributed by atoms with van der Waals surface area (Å²) in [6.07, 6.45) is -9.71. The molecule has 0 saturated heterocycles. The van der Waals surface area contributed by atoms with E-state index in [4.69, 9.17) is 5.73 Å². The summed E-state index contributed by atoms with van der Waals surface area (Å²) in [6.45, 7) is 0. The molecule has 0 fully saturated rings. The van der Waals surface area contributed by atoms with Gasteiger partial charge in [0.25, 0.3) is 0 Å². The van der Waals surface area contributed by atoms with Crippen LogP contribution in [0.15, 0.2) is 12.1 Å². The summed E-state index contributed by atoms with van der Waals surface area (Å²) in [5.41, 5.74) is 1.70. The second-order valence-corrected chi connectivity index (χ2v) is 4.00. The molecule has 16 heavy (non-hydrogen) atoms. The predicted octanol–water partition coefficient (Wildman–Crippen LogP) is 3.91. The topological polar surface area (TPSA) is 26.0 Å². The van der Waals surface area contributed by atoms with E-state index in [0.717, 1.165) is 22.6 Å². The van der Waals surface area contributed by atoms with Crippen molar-refractivity contribution in [1.29, 1.82) is 0 Å². The van der Waals surface area contributed by atoms with Crippen LogP contribution >= 0.6 is 22.6 Å². The molecule has 1 rings (SSSR count). The van der Waals surface area contributed by atoms with Crippen molar-refractivity contribution in [2.45, 2.75) is 12.4 Å². The van der Waals surface area contributed by atoms with Crippen LogP contribution in [0, 0.1) is 3.57 Å². The van der Waals surface area contributed by atoms with Gasteiger partial charge in [-0.3, -0.25) is 0 Å². The fraction of sp³-hybridized carbons (Fsp3) is 0.250. The van der Waals surface area contributed by atoms with Crippen molar-refractivity contribution in [3.63, 3.8) is 0 Å². The summed E-state index contributed by atoms with van der Waals surface area (Å²) in [5, 5.41) is 0. The van der Waals surface area contributed by atoms with Crippen molar-refractivity contribution < 1.29 is 26.3 Å². The van der Waals surface area contributed by atoms with Crippen molar-refractivity contribution in [3.8, 4) is 0 Å². The Morgan fingerprint density at radius 1 is 0.875 bits per heavy atom. The quantitative estimate of drug-likeness (QED) is 0.426. The van der Waals surface area contributed by atoms with Crippen LogP contribution in [0.2, 0.25) is 0 Å². The smallest absolute Gasteiger partial charge is 0.399 e. The Kier molecular flexibility index (Phi) is 3.32. The Morgan fingerprint density at radius 3 is 1.44 bits per heavy atom. The van der Waals surface area contributed by atoms with Crippen molar-refractivity contribution in [1.82, 2.24) is 0 Å². The normalized spacial score (nSPS) is 12.9. The number of anilines is 1. The van der Waals surface area contributed by atoms with Gasteiger partial charge in [-0.1, -0.05) is 0 Å². The molecule has 0 aliphatic carbocycles. The van der Waals surface area contributed by atoms with E-state index >= 15 is 0 Å². The van der Waals surface area contributed by atoms with Gasteiger partial charge in [-0.2, -0.15) is 26.3 Å². The van der Waals surface area contributed by atoms with Gasteiger partial charge in [-0.05, 0) is 34.7 Å². The maximum Gasteiger partial charge on any atom is 0.417 e. The van der Waals surface area contributed by atoms with Gasteiger partial charge in [-0.25, -0.2) is 0 Å². The van der Waals surface area contributed by atoms with Gasteiger partial charge in [0.05, 0.1) is 11.1 Å². The van der Waals surface area contributed by atoms with Crippen LogP contribution < -0.4 is 5.73 Å². The first-order chi connectivity index (χ1) is 7.03. The third-order valence-corrected chi connectivity index (χ3v) is 2.87. The molecule has 2 N–H and O–H groups in total. The standard InChI is InChI=1S/C8H4F6IN/c9-7(10,11)4-1-3(16)2-5(6(4)15)8(12,13)14/h1-2H,16H2. The van der Waals surface area contributed by atoms with E-state index < -0.39 is 32.7 Å². The molecule has 0 amide bonds. The first kappa shape index (κ1) is 13.4. The minimum absolute atomic E-state index is 0.483. The highest BCUT2D eigenvalue weighted by molar-refractivity contribution is 14.1. The lowest BCUT2D eigenvalue weighted by molar-refractivity contribution is -0.144.